The molecule has 4 aliphatic rings. The Bertz CT molecular complexity index is 534. The van der Waals surface area contributed by atoms with Crippen LogP contribution in [0.3, 0.4) is 0 Å². The first-order valence-corrected chi connectivity index (χ1v) is 10.3. The second kappa shape index (κ2) is 9.26. The van der Waals surface area contributed by atoms with Gasteiger partial charge in [-0.2, -0.15) is 0 Å². The highest BCUT2D eigenvalue weighted by atomic mass is 127. The van der Waals surface area contributed by atoms with Crippen LogP contribution in [-0.4, -0.2) is 97.7 Å². The van der Waals surface area contributed by atoms with Crippen LogP contribution in [0.25, 0.3) is 0 Å². The van der Waals surface area contributed by atoms with Crippen molar-refractivity contribution in [1.82, 2.24) is 20.0 Å². The highest BCUT2D eigenvalue weighted by Gasteiger charge is 2.53. The molecule has 4 rings (SSSR count). The molecule has 0 aliphatic carbocycles. The Morgan fingerprint density at radius 1 is 1.07 bits per heavy atom. The third kappa shape index (κ3) is 4.53. The van der Waals surface area contributed by atoms with Gasteiger partial charge in [0.05, 0.1) is 18.8 Å². The largest absolute Gasteiger partial charge is 0.374 e. The fourth-order valence-electron chi connectivity index (χ4n) is 5.14. The molecule has 0 aromatic rings. The van der Waals surface area contributed by atoms with Crippen LogP contribution >= 0.6 is 24.0 Å². The van der Waals surface area contributed by atoms with Crippen molar-refractivity contribution >= 4 is 35.8 Å². The number of nitrogens with one attached hydrogen (secondary N) is 1. The van der Waals surface area contributed by atoms with Crippen LogP contribution in [0.2, 0.25) is 0 Å². The second-order valence-corrected chi connectivity index (χ2v) is 8.11. The molecule has 4 fully saturated rings. The van der Waals surface area contributed by atoms with Gasteiger partial charge >= 0.3 is 0 Å². The first-order valence-electron chi connectivity index (χ1n) is 10.3. The number of nitrogens with zero attached hydrogens (tertiary/aromatic N) is 4. The molecule has 7 nitrogen and oxygen atoms in total. The maximum absolute atomic E-state index is 11.4. The summed E-state index contributed by atoms with van der Waals surface area (Å²) in [6.45, 7) is 12.3. The number of ether oxygens (including phenoxy) is 1. The average molecular weight is 491 g/mol. The molecule has 0 spiro atoms. The minimum atomic E-state index is 0. The Morgan fingerprint density at radius 2 is 1.70 bits per heavy atom. The summed E-state index contributed by atoms with van der Waals surface area (Å²) in [5.74, 6) is 2.67. The van der Waals surface area contributed by atoms with Crippen molar-refractivity contribution in [3.05, 3.63) is 0 Å². The van der Waals surface area contributed by atoms with Crippen molar-refractivity contribution in [1.29, 1.82) is 0 Å². The summed E-state index contributed by atoms with van der Waals surface area (Å²) in [6.07, 6.45) is 3.49. The molecule has 154 valence electrons. The molecule has 0 radical (unpaired) electrons. The van der Waals surface area contributed by atoms with Gasteiger partial charge in [0.25, 0.3) is 0 Å². The van der Waals surface area contributed by atoms with Gasteiger partial charge in [0.1, 0.15) is 0 Å². The van der Waals surface area contributed by atoms with Crippen LogP contribution in [0.5, 0.6) is 0 Å². The van der Waals surface area contributed by atoms with E-state index in [4.69, 9.17) is 9.73 Å². The molecule has 8 heteroatoms. The number of piperazine rings is 1. The lowest BCUT2D eigenvalue weighted by molar-refractivity contribution is -0.130. The average Bonchev–Trinajstić information content (AvgIpc) is 3.34. The molecule has 4 aliphatic heterocycles. The first-order chi connectivity index (χ1) is 12.7. The molecule has 0 saturated carbocycles. The van der Waals surface area contributed by atoms with E-state index in [0.29, 0.717) is 24.0 Å². The third-order valence-electron chi connectivity index (χ3n) is 6.58. The molecule has 27 heavy (non-hydrogen) atoms. The number of likely N-dealkylation sites (tertiary alicyclic amines) is 1. The minimum absolute atomic E-state index is 0. The van der Waals surface area contributed by atoms with E-state index in [1.807, 2.05) is 4.90 Å². The molecule has 4 saturated heterocycles. The maximum atomic E-state index is 11.4. The summed E-state index contributed by atoms with van der Waals surface area (Å²) in [5, 5.41) is 3.49. The van der Waals surface area contributed by atoms with Crippen LogP contribution < -0.4 is 5.32 Å². The SMILES string of the molecule is CCNC(=NCCN1CCN(C(C)=O)CC1)N1CC2C3CCC(O3)C2C1.I. The second-order valence-electron chi connectivity index (χ2n) is 8.11. The number of aliphatic imine (C=N–C) groups is 1. The summed E-state index contributed by atoms with van der Waals surface area (Å²) in [4.78, 5) is 23.1. The molecular weight excluding hydrogens is 457 g/mol. The normalized spacial score (nSPS) is 33.2. The van der Waals surface area contributed by atoms with E-state index in [-0.39, 0.29) is 29.9 Å². The number of halogens is 1. The molecule has 4 atom stereocenters. The van der Waals surface area contributed by atoms with Crippen molar-refractivity contribution in [2.75, 3.05) is 58.9 Å². The first kappa shape index (κ1) is 21.1. The molecular formula is C19H34IN5O2. The smallest absolute Gasteiger partial charge is 0.219 e. The van der Waals surface area contributed by atoms with Crippen LogP contribution in [0.15, 0.2) is 4.99 Å². The quantitative estimate of drug-likeness (QED) is 0.359. The Balaban J connectivity index is 0.00000210. The van der Waals surface area contributed by atoms with Gasteiger partial charge in [-0.05, 0) is 19.8 Å². The fourth-order valence-corrected chi connectivity index (χ4v) is 5.14. The minimum Gasteiger partial charge on any atom is -0.374 e. The standard InChI is InChI=1S/C19H33N5O2.HI/c1-3-20-19(21-6-7-22-8-10-23(11-9-22)14(2)25)24-12-15-16(13-24)18-5-4-17(15)26-18;/h15-18H,3-13H2,1-2H3,(H,20,21);1H. The van der Waals surface area contributed by atoms with E-state index in [0.717, 1.165) is 64.9 Å². The number of hydrogen-bond donors (Lipinski definition) is 1. The summed E-state index contributed by atoms with van der Waals surface area (Å²) in [7, 11) is 0. The van der Waals surface area contributed by atoms with Crippen molar-refractivity contribution in [2.24, 2.45) is 16.8 Å². The summed E-state index contributed by atoms with van der Waals surface area (Å²) < 4.78 is 6.09. The molecule has 4 heterocycles. The van der Waals surface area contributed by atoms with E-state index in [1.54, 1.807) is 6.92 Å². The fraction of sp³-hybridized carbons (Fsp3) is 0.895. The number of hydrogen-bond acceptors (Lipinski definition) is 4. The summed E-state index contributed by atoms with van der Waals surface area (Å²) in [6, 6.07) is 0. The van der Waals surface area contributed by atoms with Crippen LogP contribution in [0.4, 0.5) is 0 Å². The van der Waals surface area contributed by atoms with E-state index in [1.165, 1.54) is 12.8 Å². The van der Waals surface area contributed by atoms with Crippen molar-refractivity contribution in [2.45, 2.75) is 38.9 Å². The van der Waals surface area contributed by atoms with E-state index >= 15 is 0 Å². The van der Waals surface area contributed by atoms with Crippen molar-refractivity contribution < 1.29 is 9.53 Å². The van der Waals surface area contributed by atoms with Crippen LogP contribution in [-0.2, 0) is 9.53 Å². The molecule has 1 amide bonds. The van der Waals surface area contributed by atoms with Gasteiger partial charge in [0, 0.05) is 71.1 Å². The van der Waals surface area contributed by atoms with Crippen molar-refractivity contribution in [3.8, 4) is 0 Å². The Labute approximate surface area is 179 Å². The lowest BCUT2D eigenvalue weighted by Gasteiger charge is -2.33. The topological polar surface area (TPSA) is 60.4 Å². The summed E-state index contributed by atoms with van der Waals surface area (Å²) in [5.41, 5.74) is 0. The zero-order valence-electron chi connectivity index (χ0n) is 16.6. The highest BCUT2D eigenvalue weighted by molar-refractivity contribution is 14.0. The monoisotopic (exact) mass is 491 g/mol. The Hall–Kier alpha value is -0.610. The lowest BCUT2D eigenvalue weighted by atomic mass is 9.82. The molecule has 1 N–H and O–H groups in total. The van der Waals surface area contributed by atoms with E-state index in [2.05, 4.69) is 22.0 Å². The highest BCUT2D eigenvalue weighted by Crippen LogP contribution is 2.47. The predicted molar refractivity (Wildman–Crippen MR) is 117 cm³/mol. The van der Waals surface area contributed by atoms with Crippen molar-refractivity contribution in [3.63, 3.8) is 0 Å². The summed E-state index contributed by atoms with van der Waals surface area (Å²) >= 11 is 0. The molecule has 2 bridgehead atoms. The van der Waals surface area contributed by atoms with Gasteiger partial charge in [-0.1, -0.05) is 0 Å². The number of fused-ring (bicyclic) bond motifs is 5. The van der Waals surface area contributed by atoms with Crippen LogP contribution in [0.1, 0.15) is 26.7 Å². The van der Waals surface area contributed by atoms with Crippen LogP contribution in [0, 0.1) is 11.8 Å². The van der Waals surface area contributed by atoms with Gasteiger partial charge in [0.15, 0.2) is 5.96 Å². The number of carbonyl (C=O) groups excluding carboxylic acids is 1. The van der Waals surface area contributed by atoms with Gasteiger partial charge in [0.2, 0.25) is 5.91 Å². The number of guanidine groups is 1. The third-order valence-corrected chi connectivity index (χ3v) is 6.58. The number of amides is 1. The van der Waals surface area contributed by atoms with Gasteiger partial charge < -0.3 is 19.9 Å². The maximum Gasteiger partial charge on any atom is 0.219 e. The van der Waals surface area contributed by atoms with Gasteiger partial charge in [-0.3, -0.25) is 14.7 Å². The number of rotatable bonds is 4. The lowest BCUT2D eigenvalue weighted by Crippen LogP contribution is -2.48. The Kier molecular flexibility index (Phi) is 7.24. The zero-order valence-corrected chi connectivity index (χ0v) is 18.9. The van der Waals surface area contributed by atoms with Gasteiger partial charge in [-0.25, -0.2) is 0 Å². The van der Waals surface area contributed by atoms with E-state index in [9.17, 15) is 4.79 Å². The molecule has 4 unspecified atom stereocenters. The Morgan fingerprint density at radius 3 is 2.26 bits per heavy atom. The molecule has 0 aromatic carbocycles. The zero-order chi connectivity index (χ0) is 18.1. The molecule has 0 aromatic heterocycles. The van der Waals surface area contributed by atoms with E-state index < -0.39 is 0 Å². The number of carbonyl (C=O) groups is 1. The predicted octanol–water partition coefficient (Wildman–Crippen LogP) is 0.843. The van der Waals surface area contributed by atoms with Gasteiger partial charge in [-0.15, -0.1) is 24.0 Å².